The van der Waals surface area contributed by atoms with Gasteiger partial charge in [0.15, 0.2) is 5.96 Å². The smallest absolute Gasteiger partial charge is 0.193 e. The molecule has 1 N–H and O–H groups in total. The monoisotopic (exact) mass is 571 g/mol. The Morgan fingerprint density at radius 2 is 1.73 bits per heavy atom. The van der Waals surface area contributed by atoms with Crippen LogP contribution in [0.25, 0.3) is 0 Å². The number of rotatable bonds is 8. The third-order valence-corrected chi connectivity index (χ3v) is 6.97. The summed E-state index contributed by atoms with van der Waals surface area (Å²) in [7, 11) is 1.88. The van der Waals surface area contributed by atoms with Gasteiger partial charge in [0.2, 0.25) is 0 Å². The topological polar surface area (TPSA) is 55.3 Å². The van der Waals surface area contributed by atoms with E-state index in [1.807, 2.05) is 7.05 Å². The number of aliphatic imine (C=N–C) groups is 1. The quantitative estimate of drug-likeness (QED) is 0.276. The van der Waals surface area contributed by atoms with Crippen molar-refractivity contribution < 1.29 is 14.2 Å². The van der Waals surface area contributed by atoms with Crippen molar-refractivity contribution in [3.8, 4) is 5.75 Å². The molecule has 1 aromatic rings. The number of hydrogen-bond acceptors (Lipinski definition) is 4. The Hall–Kier alpha value is -1.06. The van der Waals surface area contributed by atoms with E-state index in [-0.39, 0.29) is 24.0 Å². The number of piperidine rings is 1. The van der Waals surface area contributed by atoms with Crippen LogP contribution in [0.2, 0.25) is 0 Å². The number of likely N-dealkylation sites (tertiary alicyclic amines) is 1. The summed E-state index contributed by atoms with van der Waals surface area (Å²) in [6.45, 7) is 4.51. The van der Waals surface area contributed by atoms with Crippen LogP contribution in [0.1, 0.15) is 63.4 Å². The van der Waals surface area contributed by atoms with Gasteiger partial charge in [0.1, 0.15) is 5.75 Å². The summed E-state index contributed by atoms with van der Waals surface area (Å²) in [5.41, 5.74) is 1.32. The molecule has 1 saturated carbocycles. The normalized spacial score (nSPS) is 22.8. The molecule has 0 bridgehead atoms. The molecule has 2 saturated heterocycles. The van der Waals surface area contributed by atoms with Crippen LogP contribution in [0, 0.1) is 0 Å². The van der Waals surface area contributed by atoms with Crippen molar-refractivity contribution in [3.63, 3.8) is 0 Å². The average Bonchev–Trinajstić information content (AvgIpc) is 3.36. The maximum absolute atomic E-state index is 6.15. The SMILES string of the molecule is CN=C(NCCc1ccc(OC2CCCC2)cc1)N1CCC(OCC2CCCCO2)CC1.I. The molecule has 0 spiro atoms. The highest BCUT2D eigenvalue weighted by Crippen LogP contribution is 2.24. The van der Waals surface area contributed by atoms with Crippen LogP contribution in [0.4, 0.5) is 0 Å². The van der Waals surface area contributed by atoms with E-state index in [2.05, 4.69) is 39.5 Å². The predicted molar refractivity (Wildman–Crippen MR) is 144 cm³/mol. The molecule has 3 fully saturated rings. The van der Waals surface area contributed by atoms with E-state index in [9.17, 15) is 0 Å². The lowest BCUT2D eigenvalue weighted by molar-refractivity contribution is -0.0721. The number of nitrogens with zero attached hydrogens (tertiary/aromatic N) is 2. The first-order valence-electron chi connectivity index (χ1n) is 12.7. The zero-order valence-corrected chi connectivity index (χ0v) is 22.5. The summed E-state index contributed by atoms with van der Waals surface area (Å²) in [5, 5.41) is 3.54. The van der Waals surface area contributed by atoms with Gasteiger partial charge in [0.25, 0.3) is 0 Å². The van der Waals surface area contributed by atoms with Gasteiger partial charge in [0.05, 0.1) is 24.9 Å². The predicted octanol–water partition coefficient (Wildman–Crippen LogP) is 4.79. The highest BCUT2D eigenvalue weighted by molar-refractivity contribution is 14.0. The van der Waals surface area contributed by atoms with Gasteiger partial charge in [-0.15, -0.1) is 24.0 Å². The fourth-order valence-electron chi connectivity index (χ4n) is 5.00. The first-order chi connectivity index (χ1) is 15.8. The maximum atomic E-state index is 6.15. The molecular weight excluding hydrogens is 529 g/mol. The van der Waals surface area contributed by atoms with Crippen LogP contribution < -0.4 is 10.1 Å². The van der Waals surface area contributed by atoms with Crippen LogP contribution in [0.5, 0.6) is 5.75 Å². The zero-order chi connectivity index (χ0) is 22.0. The molecule has 7 heteroatoms. The van der Waals surface area contributed by atoms with Gasteiger partial charge in [-0.05, 0) is 81.9 Å². The molecule has 0 amide bonds. The van der Waals surface area contributed by atoms with Gasteiger partial charge < -0.3 is 24.4 Å². The Morgan fingerprint density at radius 1 is 1.00 bits per heavy atom. The van der Waals surface area contributed by atoms with Gasteiger partial charge >= 0.3 is 0 Å². The fraction of sp³-hybridized carbons (Fsp3) is 0.731. The van der Waals surface area contributed by atoms with E-state index in [0.717, 1.165) is 70.2 Å². The number of halogens is 1. The third kappa shape index (κ3) is 8.58. The largest absolute Gasteiger partial charge is 0.490 e. The van der Waals surface area contributed by atoms with Crippen LogP contribution in [-0.2, 0) is 15.9 Å². The highest BCUT2D eigenvalue weighted by Gasteiger charge is 2.23. The minimum atomic E-state index is 0. The number of benzene rings is 1. The molecule has 2 heterocycles. The molecule has 1 atom stereocenters. The van der Waals surface area contributed by atoms with Gasteiger partial charge in [-0.25, -0.2) is 0 Å². The number of nitrogens with one attached hydrogen (secondary N) is 1. The molecule has 186 valence electrons. The lowest BCUT2D eigenvalue weighted by atomic mass is 10.1. The maximum Gasteiger partial charge on any atom is 0.193 e. The van der Waals surface area contributed by atoms with Crippen molar-refractivity contribution in [1.82, 2.24) is 10.2 Å². The Balaban J connectivity index is 0.00000306. The fourth-order valence-corrected chi connectivity index (χ4v) is 5.00. The molecule has 0 aromatic heterocycles. The highest BCUT2D eigenvalue weighted by atomic mass is 127. The first-order valence-corrected chi connectivity index (χ1v) is 12.7. The van der Waals surface area contributed by atoms with Crippen molar-refractivity contribution in [3.05, 3.63) is 29.8 Å². The Kier molecular flexibility index (Phi) is 11.6. The number of hydrogen-bond donors (Lipinski definition) is 1. The van der Waals surface area contributed by atoms with Crippen LogP contribution in [0.3, 0.4) is 0 Å². The van der Waals surface area contributed by atoms with Crippen molar-refractivity contribution >= 4 is 29.9 Å². The second-order valence-corrected chi connectivity index (χ2v) is 9.40. The molecule has 33 heavy (non-hydrogen) atoms. The molecule has 6 nitrogen and oxygen atoms in total. The van der Waals surface area contributed by atoms with Gasteiger partial charge in [-0.2, -0.15) is 0 Å². The van der Waals surface area contributed by atoms with E-state index in [4.69, 9.17) is 14.2 Å². The molecule has 1 aliphatic carbocycles. The summed E-state index contributed by atoms with van der Waals surface area (Å²) in [5.74, 6) is 2.00. The number of ether oxygens (including phenoxy) is 3. The zero-order valence-electron chi connectivity index (χ0n) is 20.2. The van der Waals surface area contributed by atoms with E-state index < -0.39 is 0 Å². The van der Waals surface area contributed by atoms with Crippen molar-refractivity contribution in [2.24, 2.45) is 4.99 Å². The Labute approximate surface area is 216 Å². The van der Waals surface area contributed by atoms with E-state index >= 15 is 0 Å². The van der Waals surface area contributed by atoms with Crippen LogP contribution in [-0.4, -0.2) is 69.1 Å². The van der Waals surface area contributed by atoms with Gasteiger partial charge in [-0.1, -0.05) is 12.1 Å². The molecule has 3 aliphatic rings. The van der Waals surface area contributed by atoms with E-state index in [1.54, 1.807) is 0 Å². The van der Waals surface area contributed by atoms with Gasteiger partial charge in [0, 0.05) is 33.3 Å². The van der Waals surface area contributed by atoms with Crippen molar-refractivity contribution in [1.29, 1.82) is 0 Å². The second-order valence-electron chi connectivity index (χ2n) is 9.40. The van der Waals surface area contributed by atoms with E-state index in [0.29, 0.717) is 18.3 Å². The Bertz CT molecular complexity index is 695. The van der Waals surface area contributed by atoms with Crippen molar-refractivity contribution in [2.45, 2.75) is 82.5 Å². The molecule has 1 unspecified atom stereocenters. The van der Waals surface area contributed by atoms with E-state index in [1.165, 1.54) is 44.1 Å². The summed E-state index contributed by atoms with van der Waals surface area (Å²) < 4.78 is 18.0. The second kappa shape index (κ2) is 14.4. The average molecular weight is 572 g/mol. The summed E-state index contributed by atoms with van der Waals surface area (Å²) in [6.07, 6.45) is 12.8. The Morgan fingerprint density at radius 3 is 2.39 bits per heavy atom. The minimum absolute atomic E-state index is 0. The minimum Gasteiger partial charge on any atom is -0.490 e. The van der Waals surface area contributed by atoms with Crippen molar-refractivity contribution in [2.75, 3.05) is 39.9 Å². The first kappa shape index (κ1) is 26.5. The molecular formula is C26H42IN3O3. The third-order valence-electron chi connectivity index (χ3n) is 6.97. The molecule has 4 rings (SSSR count). The summed E-state index contributed by atoms with van der Waals surface area (Å²) in [6, 6.07) is 8.61. The molecule has 0 radical (unpaired) electrons. The van der Waals surface area contributed by atoms with Gasteiger partial charge in [-0.3, -0.25) is 4.99 Å². The number of guanidine groups is 1. The van der Waals surface area contributed by atoms with Crippen LogP contribution >= 0.6 is 24.0 Å². The molecule has 2 aliphatic heterocycles. The van der Waals surface area contributed by atoms with Crippen LogP contribution in [0.15, 0.2) is 29.3 Å². The summed E-state index contributed by atoms with van der Waals surface area (Å²) >= 11 is 0. The molecule has 1 aromatic carbocycles. The standard InChI is InChI=1S/C26H41N3O3.HI/c1-27-26(29-17-14-22(15-18-29)31-20-25-8-4-5-19-30-25)28-16-13-21-9-11-24(12-10-21)32-23-6-2-3-7-23;/h9-12,22-23,25H,2-8,13-20H2,1H3,(H,27,28);1H. The lowest BCUT2D eigenvalue weighted by Crippen LogP contribution is -2.47. The summed E-state index contributed by atoms with van der Waals surface area (Å²) in [4.78, 5) is 6.87. The lowest BCUT2D eigenvalue weighted by Gasteiger charge is -2.35.